The lowest BCUT2D eigenvalue weighted by atomic mass is 10.5. The summed E-state index contributed by atoms with van der Waals surface area (Å²) in [7, 11) is -2.71. The summed E-state index contributed by atoms with van der Waals surface area (Å²) in [4.78, 5) is 0. The van der Waals surface area contributed by atoms with Crippen molar-refractivity contribution in [3.05, 3.63) is 0 Å². The number of aliphatic hydroxyl groups excluding tert-OH is 1. The van der Waals surface area contributed by atoms with E-state index in [9.17, 15) is 9.67 Å². The lowest BCUT2D eigenvalue weighted by Crippen LogP contribution is -2.08. The van der Waals surface area contributed by atoms with Gasteiger partial charge in [0.2, 0.25) is 0 Å². The molecule has 0 saturated heterocycles. The van der Waals surface area contributed by atoms with E-state index >= 15 is 0 Å². The van der Waals surface area contributed by atoms with Crippen molar-refractivity contribution in [3.8, 4) is 12.1 Å². The van der Waals surface area contributed by atoms with E-state index in [0.717, 1.165) is 0 Å². The molecule has 0 amide bonds. The molecule has 4 nitrogen and oxygen atoms in total. The van der Waals surface area contributed by atoms with Gasteiger partial charge in [-0.15, -0.1) is 0 Å². The predicted molar refractivity (Wildman–Crippen MR) is 49.5 cm³/mol. The zero-order valence-corrected chi connectivity index (χ0v) is 8.50. The molecule has 0 aromatic heterocycles. The Bertz CT molecular complexity index is 253. The van der Waals surface area contributed by atoms with Gasteiger partial charge < -0.3 is 9.67 Å². The lowest BCUT2D eigenvalue weighted by Gasteiger charge is -2.18. The van der Waals surface area contributed by atoms with Gasteiger partial charge in [-0.1, -0.05) is 0 Å². The summed E-state index contributed by atoms with van der Waals surface area (Å²) in [5.74, 6) is -0.908. The first-order valence-corrected chi connectivity index (χ1v) is 6.21. The molecule has 0 bridgehead atoms. The largest absolute Gasteiger partial charge is 0.386 e. The molecule has 0 heterocycles. The van der Waals surface area contributed by atoms with Crippen molar-refractivity contribution in [1.82, 2.24) is 0 Å². The highest BCUT2D eigenvalue weighted by molar-refractivity contribution is 7.64. The van der Waals surface area contributed by atoms with E-state index in [4.69, 9.17) is 10.5 Å². The molecule has 5 heteroatoms. The zero-order chi connectivity index (χ0) is 10.3. The van der Waals surface area contributed by atoms with E-state index in [1.54, 1.807) is 0 Å². The van der Waals surface area contributed by atoms with Gasteiger partial charge in [-0.25, -0.2) is 0 Å². The van der Waals surface area contributed by atoms with E-state index in [-0.39, 0.29) is 25.2 Å². The molecule has 72 valence electrons. The quantitative estimate of drug-likeness (QED) is 0.681. The van der Waals surface area contributed by atoms with Crippen LogP contribution < -0.4 is 0 Å². The summed E-state index contributed by atoms with van der Waals surface area (Å²) in [5.41, 5.74) is 0. The van der Waals surface area contributed by atoms with Crippen molar-refractivity contribution in [2.75, 3.05) is 12.3 Å². The number of aliphatic hydroxyl groups is 1. The van der Waals surface area contributed by atoms with Crippen molar-refractivity contribution in [3.63, 3.8) is 0 Å². The molecule has 0 fully saturated rings. The Balaban J connectivity index is 4.30. The molecule has 1 unspecified atom stereocenters. The van der Waals surface area contributed by atoms with Crippen molar-refractivity contribution < 1.29 is 9.67 Å². The predicted octanol–water partition coefficient (Wildman–Crippen LogP) is 1.52. The fourth-order valence-electron chi connectivity index (χ4n) is 0.964. The van der Waals surface area contributed by atoms with E-state index in [0.29, 0.717) is 0 Å². The minimum atomic E-state index is -2.71. The van der Waals surface area contributed by atoms with Crippen molar-refractivity contribution in [2.45, 2.75) is 25.6 Å². The van der Waals surface area contributed by atoms with Gasteiger partial charge in [-0.05, 0) is 6.92 Å². The Kier molecular flexibility index (Phi) is 5.39. The molecular formula is C8H13N2O2P. The second kappa shape index (κ2) is 5.75. The molecule has 1 atom stereocenters. The van der Waals surface area contributed by atoms with Crippen LogP contribution in [0.15, 0.2) is 0 Å². The van der Waals surface area contributed by atoms with Gasteiger partial charge in [0, 0.05) is 25.2 Å². The molecule has 0 saturated carbocycles. The molecule has 0 aliphatic carbocycles. The van der Waals surface area contributed by atoms with Gasteiger partial charge in [-0.3, -0.25) is 0 Å². The third kappa shape index (κ3) is 4.08. The van der Waals surface area contributed by atoms with Crippen molar-refractivity contribution in [1.29, 1.82) is 10.5 Å². The van der Waals surface area contributed by atoms with E-state index in [1.165, 1.54) is 6.92 Å². The van der Waals surface area contributed by atoms with Gasteiger partial charge in [0.05, 0.1) is 12.1 Å². The molecule has 0 aromatic rings. The molecule has 0 aliphatic heterocycles. The number of nitrogens with zero attached hydrogens (tertiary/aromatic N) is 2. The topological polar surface area (TPSA) is 84.9 Å². The average Bonchev–Trinajstić information content (AvgIpc) is 2.11. The minimum absolute atomic E-state index is 0.174. The SMILES string of the molecule is CC(O)P(=O)(CCC#N)CCC#N. The van der Waals surface area contributed by atoms with Crippen LogP contribution in [0.25, 0.3) is 0 Å². The van der Waals surface area contributed by atoms with Gasteiger partial charge in [-0.2, -0.15) is 10.5 Å². The Labute approximate surface area is 78.2 Å². The standard InChI is InChI=1S/C8H13N2O2P/c1-8(11)13(12,6-2-4-9)7-3-5-10/h8,11H,2-3,6-7H2,1H3. The molecular weight excluding hydrogens is 187 g/mol. The van der Waals surface area contributed by atoms with Crippen LogP contribution in [0.4, 0.5) is 0 Å². The van der Waals surface area contributed by atoms with E-state index in [2.05, 4.69) is 0 Å². The van der Waals surface area contributed by atoms with Crippen LogP contribution in [0.5, 0.6) is 0 Å². The Morgan fingerprint density at radius 3 is 1.92 bits per heavy atom. The number of hydrogen-bond acceptors (Lipinski definition) is 4. The Morgan fingerprint density at radius 2 is 1.69 bits per heavy atom. The summed E-state index contributed by atoms with van der Waals surface area (Å²) < 4.78 is 11.9. The fraction of sp³-hybridized carbons (Fsp3) is 0.750. The summed E-state index contributed by atoms with van der Waals surface area (Å²) in [6.45, 7) is 1.45. The summed E-state index contributed by atoms with van der Waals surface area (Å²) in [6.07, 6.45) is 0.771. The zero-order valence-electron chi connectivity index (χ0n) is 7.60. The highest BCUT2D eigenvalue weighted by Gasteiger charge is 2.26. The number of rotatable bonds is 5. The van der Waals surface area contributed by atoms with Crippen LogP contribution in [-0.4, -0.2) is 23.3 Å². The number of nitriles is 2. The maximum Gasteiger partial charge on any atom is 0.116 e. The Hall–Kier alpha value is -0.830. The van der Waals surface area contributed by atoms with Crippen molar-refractivity contribution in [2.24, 2.45) is 0 Å². The van der Waals surface area contributed by atoms with E-state index < -0.39 is 13.0 Å². The Morgan fingerprint density at radius 1 is 1.31 bits per heavy atom. The highest BCUT2D eigenvalue weighted by atomic mass is 31.2. The molecule has 0 rings (SSSR count). The third-order valence-corrected chi connectivity index (χ3v) is 5.21. The van der Waals surface area contributed by atoms with Crippen LogP contribution >= 0.6 is 7.14 Å². The molecule has 13 heavy (non-hydrogen) atoms. The maximum absolute atomic E-state index is 11.9. The third-order valence-electron chi connectivity index (χ3n) is 1.89. The van der Waals surface area contributed by atoms with E-state index in [1.807, 2.05) is 12.1 Å². The van der Waals surface area contributed by atoms with Crippen LogP contribution in [-0.2, 0) is 4.57 Å². The van der Waals surface area contributed by atoms with Gasteiger partial charge in [0.15, 0.2) is 0 Å². The monoisotopic (exact) mass is 200 g/mol. The van der Waals surface area contributed by atoms with Crippen LogP contribution in [0.1, 0.15) is 19.8 Å². The molecule has 1 N–H and O–H groups in total. The summed E-state index contributed by atoms with van der Waals surface area (Å²) in [6, 6.07) is 3.78. The molecule has 0 spiro atoms. The van der Waals surface area contributed by atoms with Gasteiger partial charge in [0.25, 0.3) is 0 Å². The minimum Gasteiger partial charge on any atom is -0.386 e. The summed E-state index contributed by atoms with van der Waals surface area (Å²) in [5, 5.41) is 25.9. The van der Waals surface area contributed by atoms with Gasteiger partial charge >= 0.3 is 0 Å². The normalized spacial score (nSPS) is 12.9. The smallest absolute Gasteiger partial charge is 0.116 e. The van der Waals surface area contributed by atoms with Crippen molar-refractivity contribution >= 4 is 7.14 Å². The first kappa shape index (κ1) is 12.2. The van der Waals surface area contributed by atoms with Crippen LogP contribution in [0.3, 0.4) is 0 Å². The average molecular weight is 200 g/mol. The second-order valence-electron chi connectivity index (χ2n) is 2.85. The first-order chi connectivity index (χ1) is 6.06. The van der Waals surface area contributed by atoms with Crippen LogP contribution in [0, 0.1) is 22.7 Å². The molecule has 0 radical (unpaired) electrons. The highest BCUT2D eigenvalue weighted by Crippen LogP contribution is 2.50. The number of hydrogen-bond donors (Lipinski definition) is 1. The lowest BCUT2D eigenvalue weighted by molar-refractivity contribution is 0.266. The first-order valence-electron chi connectivity index (χ1n) is 4.06. The fourth-order valence-corrected chi connectivity index (χ4v) is 2.89. The van der Waals surface area contributed by atoms with Crippen LogP contribution in [0.2, 0.25) is 0 Å². The molecule has 0 aromatic carbocycles. The van der Waals surface area contributed by atoms with Gasteiger partial charge in [0.1, 0.15) is 13.0 Å². The molecule has 0 aliphatic rings. The maximum atomic E-state index is 11.9. The summed E-state index contributed by atoms with van der Waals surface area (Å²) >= 11 is 0. The second-order valence-corrected chi connectivity index (χ2v) is 6.39.